The Hall–Kier alpha value is -2.97. The summed E-state index contributed by atoms with van der Waals surface area (Å²) in [6.45, 7) is 0.220. The van der Waals surface area contributed by atoms with Crippen LogP contribution in [0.5, 0.6) is 5.75 Å². The van der Waals surface area contributed by atoms with Crippen molar-refractivity contribution < 1.29 is 14.5 Å². The van der Waals surface area contributed by atoms with E-state index >= 15 is 0 Å². The van der Waals surface area contributed by atoms with Crippen molar-refractivity contribution in [2.45, 2.75) is 6.61 Å². The SMILES string of the molecule is CN1C(=O)C(=Cc2ccc(OCc3ccc([N+](=O)[O-])cc3)c(Cl)c2)NC1=S. The molecule has 0 atom stereocenters. The van der Waals surface area contributed by atoms with Gasteiger partial charge in [0, 0.05) is 19.2 Å². The summed E-state index contributed by atoms with van der Waals surface area (Å²) in [6, 6.07) is 11.2. The molecular weight excluding hydrogens is 390 g/mol. The molecule has 1 aliphatic heterocycles. The van der Waals surface area contributed by atoms with Crippen LogP contribution in [-0.2, 0) is 11.4 Å². The van der Waals surface area contributed by atoms with Crippen molar-refractivity contribution in [2.75, 3.05) is 7.05 Å². The number of hydrogen-bond donors (Lipinski definition) is 1. The van der Waals surface area contributed by atoms with Gasteiger partial charge < -0.3 is 10.1 Å². The first-order valence-electron chi connectivity index (χ1n) is 7.81. The highest BCUT2D eigenvalue weighted by Gasteiger charge is 2.26. The molecule has 2 aromatic rings. The number of nitro groups is 1. The molecule has 2 aromatic carbocycles. The zero-order valence-corrected chi connectivity index (χ0v) is 15.7. The largest absolute Gasteiger partial charge is 0.487 e. The second kappa shape index (κ2) is 7.73. The molecule has 1 heterocycles. The van der Waals surface area contributed by atoms with Crippen LogP contribution in [0, 0.1) is 10.1 Å². The van der Waals surface area contributed by atoms with Crippen LogP contribution in [0.15, 0.2) is 48.2 Å². The minimum atomic E-state index is -0.455. The summed E-state index contributed by atoms with van der Waals surface area (Å²) in [5.74, 6) is 0.255. The number of hydrogen-bond acceptors (Lipinski definition) is 5. The van der Waals surface area contributed by atoms with Crippen molar-refractivity contribution in [1.82, 2.24) is 10.2 Å². The molecule has 1 fully saturated rings. The van der Waals surface area contributed by atoms with Crippen LogP contribution in [0.1, 0.15) is 11.1 Å². The summed E-state index contributed by atoms with van der Waals surface area (Å²) in [5.41, 5.74) is 1.89. The molecule has 7 nitrogen and oxygen atoms in total. The number of rotatable bonds is 5. The maximum absolute atomic E-state index is 12.0. The van der Waals surface area contributed by atoms with E-state index in [0.717, 1.165) is 11.1 Å². The molecular formula is C18H14ClN3O4S. The van der Waals surface area contributed by atoms with Gasteiger partial charge in [0.05, 0.1) is 9.95 Å². The highest BCUT2D eigenvalue weighted by molar-refractivity contribution is 7.80. The van der Waals surface area contributed by atoms with Crippen LogP contribution >= 0.6 is 23.8 Å². The third-order valence-corrected chi connectivity index (χ3v) is 4.56. The second-order valence-electron chi connectivity index (χ2n) is 5.75. The number of nitrogens with zero attached hydrogens (tertiary/aromatic N) is 2. The quantitative estimate of drug-likeness (QED) is 0.356. The van der Waals surface area contributed by atoms with Crippen molar-refractivity contribution in [2.24, 2.45) is 0 Å². The van der Waals surface area contributed by atoms with Crippen LogP contribution in [0.25, 0.3) is 6.08 Å². The number of carbonyl (C=O) groups is 1. The average molecular weight is 404 g/mol. The zero-order chi connectivity index (χ0) is 19.6. The van der Waals surface area contributed by atoms with Gasteiger partial charge in [-0.15, -0.1) is 0 Å². The molecule has 0 saturated carbocycles. The van der Waals surface area contributed by atoms with Gasteiger partial charge in [-0.05, 0) is 53.7 Å². The van der Waals surface area contributed by atoms with E-state index < -0.39 is 4.92 Å². The molecule has 1 aliphatic rings. The van der Waals surface area contributed by atoms with Crippen LogP contribution in [-0.4, -0.2) is 27.9 Å². The van der Waals surface area contributed by atoms with Gasteiger partial charge in [0.1, 0.15) is 18.1 Å². The highest BCUT2D eigenvalue weighted by Crippen LogP contribution is 2.28. The van der Waals surface area contributed by atoms with Crippen molar-refractivity contribution >= 4 is 46.6 Å². The maximum Gasteiger partial charge on any atom is 0.276 e. The van der Waals surface area contributed by atoms with Gasteiger partial charge >= 0.3 is 0 Å². The Morgan fingerprint density at radius 2 is 2.00 bits per heavy atom. The fraction of sp³-hybridized carbons (Fsp3) is 0.111. The van der Waals surface area contributed by atoms with Crippen LogP contribution in [0.2, 0.25) is 5.02 Å². The van der Waals surface area contributed by atoms with Crippen molar-refractivity contribution in [1.29, 1.82) is 0 Å². The van der Waals surface area contributed by atoms with Crippen LogP contribution in [0.3, 0.4) is 0 Å². The maximum atomic E-state index is 12.0. The number of halogens is 1. The first-order chi connectivity index (χ1) is 12.8. The van der Waals surface area contributed by atoms with E-state index in [-0.39, 0.29) is 18.2 Å². The second-order valence-corrected chi connectivity index (χ2v) is 6.55. The molecule has 0 spiro atoms. The molecule has 1 N–H and O–H groups in total. The van der Waals surface area contributed by atoms with E-state index in [0.29, 0.717) is 21.6 Å². The highest BCUT2D eigenvalue weighted by atomic mass is 35.5. The number of benzene rings is 2. The van der Waals surface area contributed by atoms with Crippen molar-refractivity contribution in [3.8, 4) is 5.75 Å². The Bertz CT molecular complexity index is 960. The minimum absolute atomic E-state index is 0.0226. The molecule has 27 heavy (non-hydrogen) atoms. The summed E-state index contributed by atoms with van der Waals surface area (Å²) < 4.78 is 5.67. The van der Waals surface area contributed by atoms with Gasteiger partial charge in [-0.25, -0.2) is 0 Å². The standard InChI is InChI=1S/C18H14ClN3O4S/c1-21-17(23)15(20-18(21)27)9-12-4-7-16(14(19)8-12)26-10-11-2-5-13(6-3-11)22(24)25/h2-9H,10H2,1H3,(H,20,27). The molecule has 0 radical (unpaired) electrons. The summed E-state index contributed by atoms with van der Waals surface area (Å²) in [7, 11) is 1.60. The third-order valence-electron chi connectivity index (χ3n) is 3.89. The van der Waals surface area contributed by atoms with E-state index in [9.17, 15) is 14.9 Å². The lowest BCUT2D eigenvalue weighted by Gasteiger charge is -2.09. The molecule has 1 amide bonds. The number of nitro benzene ring substituents is 1. The Morgan fingerprint density at radius 3 is 2.56 bits per heavy atom. The minimum Gasteiger partial charge on any atom is -0.487 e. The first kappa shape index (κ1) is 18.8. The van der Waals surface area contributed by atoms with Crippen LogP contribution < -0.4 is 10.1 Å². The fourth-order valence-corrected chi connectivity index (χ4v) is 2.83. The predicted octanol–water partition coefficient (Wildman–Crippen LogP) is 3.51. The van der Waals surface area contributed by atoms with Crippen molar-refractivity contribution in [3.05, 3.63) is 74.4 Å². The third kappa shape index (κ3) is 4.24. The van der Waals surface area contributed by atoms with Gasteiger partial charge in [-0.2, -0.15) is 0 Å². The Balaban J connectivity index is 1.69. The molecule has 3 rings (SSSR count). The number of thiocarbonyl (C=S) groups is 1. The average Bonchev–Trinajstić information content (AvgIpc) is 2.88. The predicted molar refractivity (Wildman–Crippen MR) is 105 cm³/mol. The lowest BCUT2D eigenvalue weighted by molar-refractivity contribution is -0.384. The Labute approximate surface area is 165 Å². The summed E-state index contributed by atoms with van der Waals surface area (Å²) in [4.78, 5) is 23.6. The molecule has 0 bridgehead atoms. The van der Waals surface area contributed by atoms with Gasteiger partial charge in [0.25, 0.3) is 11.6 Å². The van der Waals surface area contributed by atoms with E-state index in [1.807, 2.05) is 0 Å². The Kier molecular flexibility index (Phi) is 5.38. The topological polar surface area (TPSA) is 84.7 Å². The fourth-order valence-electron chi connectivity index (χ4n) is 2.39. The number of ether oxygens (including phenoxy) is 1. The van der Waals surface area contributed by atoms with Gasteiger partial charge in [-0.3, -0.25) is 19.8 Å². The summed E-state index contributed by atoms with van der Waals surface area (Å²) in [6.07, 6.45) is 1.66. The molecule has 0 unspecified atom stereocenters. The number of carbonyl (C=O) groups excluding carboxylic acids is 1. The number of nitrogens with one attached hydrogen (secondary N) is 1. The van der Waals surface area contributed by atoms with Gasteiger partial charge in [0.15, 0.2) is 5.11 Å². The first-order valence-corrected chi connectivity index (χ1v) is 8.60. The van der Waals surface area contributed by atoms with E-state index in [4.69, 9.17) is 28.6 Å². The molecule has 0 aromatic heterocycles. The monoisotopic (exact) mass is 403 g/mol. The summed E-state index contributed by atoms with van der Waals surface area (Å²) >= 11 is 11.3. The van der Waals surface area contributed by atoms with Crippen molar-refractivity contribution in [3.63, 3.8) is 0 Å². The van der Waals surface area contributed by atoms with Gasteiger partial charge in [0.2, 0.25) is 0 Å². The number of amides is 1. The van der Waals surface area contributed by atoms with E-state index in [1.165, 1.54) is 17.0 Å². The smallest absolute Gasteiger partial charge is 0.276 e. The number of non-ortho nitro benzene ring substituents is 1. The molecule has 138 valence electrons. The van der Waals surface area contributed by atoms with Crippen LogP contribution in [0.4, 0.5) is 5.69 Å². The Morgan fingerprint density at radius 1 is 1.30 bits per heavy atom. The lowest BCUT2D eigenvalue weighted by Crippen LogP contribution is -2.25. The van der Waals surface area contributed by atoms with E-state index in [1.54, 1.807) is 43.5 Å². The number of likely N-dealkylation sites (N-methyl/N-ethyl adjacent to an activating group) is 1. The zero-order valence-electron chi connectivity index (χ0n) is 14.1. The van der Waals surface area contributed by atoms with E-state index in [2.05, 4.69) is 5.32 Å². The molecule has 0 aliphatic carbocycles. The normalized spacial score (nSPS) is 15.2. The van der Waals surface area contributed by atoms with Gasteiger partial charge in [-0.1, -0.05) is 17.7 Å². The summed E-state index contributed by atoms with van der Waals surface area (Å²) in [5, 5.41) is 14.2. The molecule has 9 heteroatoms. The molecule has 1 saturated heterocycles. The lowest BCUT2D eigenvalue weighted by atomic mass is 10.1.